The summed E-state index contributed by atoms with van der Waals surface area (Å²) in [7, 11) is 0. The number of imide groups is 1. The Kier molecular flexibility index (Phi) is 7.50. The number of unbranched alkanes of at least 4 members (excludes halogenated alkanes) is 6. The molecule has 4 nitrogen and oxygen atoms in total. The highest BCUT2D eigenvalue weighted by molar-refractivity contribution is 6.30. The minimum absolute atomic E-state index is 0.239. The van der Waals surface area contributed by atoms with Crippen molar-refractivity contribution in [2.75, 3.05) is 4.90 Å². The molecule has 1 heterocycles. The van der Waals surface area contributed by atoms with E-state index < -0.39 is 23.4 Å². The molecule has 2 amide bonds. The van der Waals surface area contributed by atoms with Gasteiger partial charge in [0.1, 0.15) is 11.7 Å². The SMILES string of the molecule is CCCCCCCCCC(=O)N1C(=O)C(C(=O)c2ccccc2)c2cc(F)ccc21. The number of carbonyl (C=O) groups is 3. The minimum atomic E-state index is -1.18. The van der Waals surface area contributed by atoms with Crippen molar-refractivity contribution < 1.29 is 18.8 Å². The van der Waals surface area contributed by atoms with E-state index in [0.29, 0.717) is 17.7 Å². The number of benzene rings is 2. The third kappa shape index (κ3) is 4.84. The van der Waals surface area contributed by atoms with E-state index in [1.54, 1.807) is 30.3 Å². The number of hydrogen-bond donors (Lipinski definition) is 0. The molecule has 3 rings (SSSR count). The predicted octanol–water partition coefficient (Wildman–Crippen LogP) is 5.81. The molecule has 0 aliphatic carbocycles. The molecule has 0 radical (unpaired) electrons. The van der Waals surface area contributed by atoms with Gasteiger partial charge in [-0.3, -0.25) is 14.4 Å². The fourth-order valence-corrected chi connectivity index (χ4v) is 3.97. The highest BCUT2D eigenvalue weighted by Crippen LogP contribution is 2.40. The van der Waals surface area contributed by atoms with Gasteiger partial charge in [0.05, 0.1) is 5.69 Å². The van der Waals surface area contributed by atoms with Gasteiger partial charge < -0.3 is 0 Å². The van der Waals surface area contributed by atoms with Crippen LogP contribution < -0.4 is 4.90 Å². The molecule has 30 heavy (non-hydrogen) atoms. The molecule has 158 valence electrons. The second-order valence-corrected chi connectivity index (χ2v) is 7.81. The van der Waals surface area contributed by atoms with E-state index in [1.165, 1.54) is 37.5 Å². The topological polar surface area (TPSA) is 54.5 Å². The molecule has 2 aromatic carbocycles. The van der Waals surface area contributed by atoms with Gasteiger partial charge in [-0.1, -0.05) is 75.8 Å². The second-order valence-electron chi connectivity index (χ2n) is 7.81. The lowest BCUT2D eigenvalue weighted by Crippen LogP contribution is -2.36. The molecule has 0 saturated heterocycles. The maximum atomic E-state index is 13.9. The van der Waals surface area contributed by atoms with E-state index in [1.807, 2.05) is 0 Å². The first-order valence-electron chi connectivity index (χ1n) is 10.8. The zero-order chi connectivity index (χ0) is 21.5. The molecule has 0 spiro atoms. The molecule has 0 bridgehead atoms. The number of nitrogens with zero attached hydrogens (tertiary/aromatic N) is 1. The number of rotatable bonds is 10. The van der Waals surface area contributed by atoms with Crippen LogP contribution in [0.4, 0.5) is 10.1 Å². The number of carbonyl (C=O) groups excluding carboxylic acids is 3. The van der Waals surface area contributed by atoms with Crippen LogP contribution in [0.25, 0.3) is 0 Å². The average Bonchev–Trinajstić information content (AvgIpc) is 3.04. The van der Waals surface area contributed by atoms with Crippen LogP contribution in [0.2, 0.25) is 0 Å². The van der Waals surface area contributed by atoms with Gasteiger partial charge >= 0.3 is 0 Å². The number of amides is 2. The first kappa shape index (κ1) is 21.9. The summed E-state index contributed by atoms with van der Waals surface area (Å²) >= 11 is 0. The van der Waals surface area contributed by atoms with Crippen LogP contribution in [0.15, 0.2) is 48.5 Å². The van der Waals surface area contributed by atoms with E-state index in [9.17, 15) is 18.8 Å². The molecule has 2 aromatic rings. The summed E-state index contributed by atoms with van der Waals surface area (Å²) in [5.74, 6) is -3.05. The second kappa shape index (κ2) is 10.3. The van der Waals surface area contributed by atoms with Crippen molar-refractivity contribution in [3.05, 3.63) is 65.5 Å². The van der Waals surface area contributed by atoms with Crippen molar-refractivity contribution >= 4 is 23.3 Å². The zero-order valence-electron chi connectivity index (χ0n) is 17.4. The van der Waals surface area contributed by atoms with Gasteiger partial charge in [-0.05, 0) is 30.2 Å². The first-order valence-corrected chi connectivity index (χ1v) is 10.8. The molecule has 1 atom stereocenters. The lowest BCUT2D eigenvalue weighted by Gasteiger charge is -2.16. The van der Waals surface area contributed by atoms with Crippen LogP contribution in [0, 0.1) is 5.82 Å². The van der Waals surface area contributed by atoms with Gasteiger partial charge in [-0.15, -0.1) is 0 Å². The molecule has 0 saturated carbocycles. The minimum Gasteiger partial charge on any atom is -0.293 e. The van der Waals surface area contributed by atoms with Gasteiger partial charge in [0.25, 0.3) is 0 Å². The Labute approximate surface area is 177 Å². The molecular weight excluding hydrogens is 381 g/mol. The van der Waals surface area contributed by atoms with Gasteiger partial charge in [0.2, 0.25) is 11.8 Å². The maximum Gasteiger partial charge on any atom is 0.249 e. The number of fused-ring (bicyclic) bond motifs is 1. The van der Waals surface area contributed by atoms with E-state index >= 15 is 0 Å². The van der Waals surface area contributed by atoms with Crippen molar-refractivity contribution in [3.63, 3.8) is 0 Å². The summed E-state index contributed by atoms with van der Waals surface area (Å²) in [5.41, 5.74) is 0.956. The highest BCUT2D eigenvalue weighted by Gasteiger charge is 2.44. The number of hydrogen-bond acceptors (Lipinski definition) is 3. The van der Waals surface area contributed by atoms with E-state index in [0.717, 1.165) is 24.2 Å². The van der Waals surface area contributed by atoms with Crippen LogP contribution in [0.3, 0.4) is 0 Å². The van der Waals surface area contributed by atoms with Gasteiger partial charge in [0.15, 0.2) is 5.78 Å². The number of ketones is 1. The quantitative estimate of drug-likeness (QED) is 0.283. The van der Waals surface area contributed by atoms with Crippen LogP contribution in [-0.2, 0) is 9.59 Å². The van der Waals surface area contributed by atoms with Crippen molar-refractivity contribution in [2.45, 2.75) is 64.2 Å². The third-order valence-corrected chi connectivity index (χ3v) is 5.57. The standard InChI is InChI=1S/C25H28FNO3/c1-2-3-4-5-6-7-11-14-22(28)27-21-16-15-19(26)17-20(21)23(25(27)30)24(29)18-12-9-8-10-13-18/h8-10,12-13,15-17,23H,2-7,11,14H2,1H3. The summed E-state index contributed by atoms with van der Waals surface area (Å²) in [4.78, 5) is 40.0. The van der Waals surface area contributed by atoms with Crippen molar-refractivity contribution in [1.82, 2.24) is 0 Å². The van der Waals surface area contributed by atoms with E-state index in [2.05, 4.69) is 6.92 Å². The molecule has 1 aliphatic rings. The molecule has 1 aliphatic heterocycles. The van der Waals surface area contributed by atoms with Crippen molar-refractivity contribution in [1.29, 1.82) is 0 Å². The van der Waals surface area contributed by atoms with E-state index in [4.69, 9.17) is 0 Å². The largest absolute Gasteiger partial charge is 0.293 e. The summed E-state index contributed by atoms with van der Waals surface area (Å²) in [6.07, 6.45) is 7.71. The normalized spacial score (nSPS) is 15.3. The van der Waals surface area contributed by atoms with Gasteiger partial charge in [-0.25, -0.2) is 9.29 Å². The Morgan fingerprint density at radius 3 is 2.30 bits per heavy atom. The molecule has 1 unspecified atom stereocenters. The molecule has 0 fully saturated rings. The maximum absolute atomic E-state index is 13.9. The zero-order valence-corrected chi connectivity index (χ0v) is 17.4. The van der Waals surface area contributed by atoms with Crippen LogP contribution >= 0.6 is 0 Å². The third-order valence-electron chi connectivity index (χ3n) is 5.57. The Morgan fingerprint density at radius 2 is 1.60 bits per heavy atom. The van der Waals surface area contributed by atoms with Crippen molar-refractivity contribution in [3.8, 4) is 0 Å². The van der Waals surface area contributed by atoms with Crippen LogP contribution in [0.1, 0.15) is 80.1 Å². The number of Topliss-reactive ketones (excluding diaryl/α,β-unsaturated/α-hetero) is 1. The average molecular weight is 410 g/mol. The monoisotopic (exact) mass is 409 g/mol. The number of halogens is 1. The van der Waals surface area contributed by atoms with Gasteiger partial charge in [-0.2, -0.15) is 0 Å². The molecular formula is C25H28FNO3. The molecule has 5 heteroatoms. The number of anilines is 1. The fraction of sp³-hybridized carbons (Fsp3) is 0.400. The van der Waals surface area contributed by atoms with Crippen LogP contribution in [0.5, 0.6) is 0 Å². The summed E-state index contributed by atoms with van der Waals surface area (Å²) in [6.45, 7) is 2.17. The fourth-order valence-electron chi connectivity index (χ4n) is 3.97. The molecule has 0 N–H and O–H groups in total. The first-order chi connectivity index (χ1) is 14.5. The lowest BCUT2D eigenvalue weighted by molar-refractivity contribution is -0.126. The highest BCUT2D eigenvalue weighted by atomic mass is 19.1. The Bertz CT molecular complexity index is 910. The van der Waals surface area contributed by atoms with Crippen molar-refractivity contribution in [2.24, 2.45) is 0 Å². The molecule has 0 aromatic heterocycles. The Balaban J connectivity index is 1.72. The Hall–Kier alpha value is -2.82. The summed E-state index contributed by atoms with van der Waals surface area (Å²) < 4.78 is 13.9. The Morgan fingerprint density at radius 1 is 0.933 bits per heavy atom. The predicted molar refractivity (Wildman–Crippen MR) is 115 cm³/mol. The summed E-state index contributed by atoms with van der Waals surface area (Å²) in [5, 5.41) is 0. The lowest BCUT2D eigenvalue weighted by atomic mass is 9.92. The smallest absolute Gasteiger partial charge is 0.249 e. The summed E-state index contributed by atoms with van der Waals surface area (Å²) in [6, 6.07) is 12.3. The van der Waals surface area contributed by atoms with Crippen LogP contribution in [-0.4, -0.2) is 17.6 Å². The van der Waals surface area contributed by atoms with E-state index in [-0.39, 0.29) is 17.9 Å². The van der Waals surface area contributed by atoms with Gasteiger partial charge in [0, 0.05) is 12.0 Å².